The minimum atomic E-state index is -0.858. The number of carbonyl (C=O) groups is 1. The Hall–Kier alpha value is -1.52. The van der Waals surface area contributed by atoms with Crippen LogP contribution in [-0.4, -0.2) is 27.4 Å². The number of nitrogens with one attached hydrogen (secondary N) is 1. The van der Waals surface area contributed by atoms with Gasteiger partial charge in [-0.1, -0.05) is 12.8 Å². The maximum Gasteiger partial charge on any atom is 0.322 e. The standard InChI is InChI=1S/C10H15N3O2/c14-10(15)6-11-8-5-12-13(7-8)9-3-1-2-4-9/h5,7,9,11H,1-4,6H2,(H,14,15). The zero-order valence-electron chi connectivity index (χ0n) is 8.52. The molecule has 0 aliphatic heterocycles. The van der Waals surface area contributed by atoms with E-state index in [1.165, 1.54) is 25.7 Å². The Balaban J connectivity index is 1.94. The number of hydrogen-bond acceptors (Lipinski definition) is 3. The molecule has 2 rings (SSSR count). The third-order valence-electron chi connectivity index (χ3n) is 2.74. The number of carboxylic acid groups (broad SMARTS) is 1. The lowest BCUT2D eigenvalue weighted by Gasteiger charge is -2.08. The summed E-state index contributed by atoms with van der Waals surface area (Å²) >= 11 is 0. The molecule has 0 aromatic carbocycles. The van der Waals surface area contributed by atoms with Gasteiger partial charge in [0, 0.05) is 6.20 Å². The van der Waals surface area contributed by atoms with Crippen molar-refractivity contribution >= 4 is 11.7 Å². The number of rotatable bonds is 4. The van der Waals surface area contributed by atoms with Crippen molar-refractivity contribution in [1.82, 2.24) is 9.78 Å². The largest absolute Gasteiger partial charge is 0.480 e. The van der Waals surface area contributed by atoms with Crippen LogP contribution in [0.1, 0.15) is 31.7 Å². The molecule has 1 heterocycles. The number of aliphatic carboxylic acids is 1. The molecule has 0 amide bonds. The number of anilines is 1. The average molecular weight is 209 g/mol. The van der Waals surface area contributed by atoms with E-state index in [-0.39, 0.29) is 6.54 Å². The van der Waals surface area contributed by atoms with E-state index < -0.39 is 5.97 Å². The molecule has 1 aliphatic carbocycles. The van der Waals surface area contributed by atoms with E-state index in [1.54, 1.807) is 6.20 Å². The summed E-state index contributed by atoms with van der Waals surface area (Å²) in [5.74, 6) is -0.858. The first-order valence-corrected chi connectivity index (χ1v) is 5.25. The molecule has 1 fully saturated rings. The van der Waals surface area contributed by atoms with E-state index in [0.29, 0.717) is 6.04 Å². The maximum atomic E-state index is 10.3. The van der Waals surface area contributed by atoms with Gasteiger partial charge in [-0.15, -0.1) is 0 Å². The second kappa shape index (κ2) is 4.33. The highest BCUT2D eigenvalue weighted by molar-refractivity contribution is 5.72. The molecule has 0 spiro atoms. The third kappa shape index (κ3) is 2.49. The molecule has 0 atom stereocenters. The molecule has 5 heteroatoms. The van der Waals surface area contributed by atoms with Gasteiger partial charge in [0.2, 0.25) is 0 Å². The number of hydrogen-bond donors (Lipinski definition) is 2. The van der Waals surface area contributed by atoms with Crippen LogP contribution in [0.4, 0.5) is 5.69 Å². The fourth-order valence-electron chi connectivity index (χ4n) is 1.98. The summed E-state index contributed by atoms with van der Waals surface area (Å²) in [6.45, 7) is -0.0592. The van der Waals surface area contributed by atoms with Gasteiger partial charge < -0.3 is 10.4 Å². The highest BCUT2D eigenvalue weighted by Gasteiger charge is 2.17. The highest BCUT2D eigenvalue weighted by Crippen LogP contribution is 2.29. The van der Waals surface area contributed by atoms with Crippen LogP contribution in [0.25, 0.3) is 0 Å². The average Bonchev–Trinajstić information content (AvgIpc) is 2.85. The molecule has 1 aromatic heterocycles. The smallest absolute Gasteiger partial charge is 0.322 e. The Labute approximate surface area is 88.1 Å². The van der Waals surface area contributed by atoms with E-state index in [1.807, 2.05) is 10.9 Å². The molecule has 0 saturated heterocycles. The molecule has 0 unspecified atom stereocenters. The topological polar surface area (TPSA) is 67.2 Å². The fourth-order valence-corrected chi connectivity index (χ4v) is 1.98. The summed E-state index contributed by atoms with van der Waals surface area (Å²) in [5, 5.41) is 15.5. The van der Waals surface area contributed by atoms with Gasteiger partial charge >= 0.3 is 5.97 Å². The van der Waals surface area contributed by atoms with Crippen LogP contribution >= 0.6 is 0 Å². The van der Waals surface area contributed by atoms with Gasteiger partial charge in [0.1, 0.15) is 6.54 Å². The van der Waals surface area contributed by atoms with Crippen LogP contribution in [0.5, 0.6) is 0 Å². The first-order valence-electron chi connectivity index (χ1n) is 5.25. The van der Waals surface area contributed by atoms with Crippen molar-refractivity contribution in [2.75, 3.05) is 11.9 Å². The van der Waals surface area contributed by atoms with Crippen molar-refractivity contribution in [2.45, 2.75) is 31.7 Å². The lowest BCUT2D eigenvalue weighted by atomic mass is 10.3. The van der Waals surface area contributed by atoms with Gasteiger partial charge in [-0.25, -0.2) is 0 Å². The van der Waals surface area contributed by atoms with Gasteiger partial charge in [-0.05, 0) is 12.8 Å². The SMILES string of the molecule is O=C(O)CNc1cnn(C2CCCC2)c1. The van der Waals surface area contributed by atoms with Crippen LogP contribution in [0.2, 0.25) is 0 Å². The Kier molecular flexibility index (Phi) is 2.89. The van der Waals surface area contributed by atoms with Gasteiger partial charge in [-0.2, -0.15) is 5.10 Å². The fraction of sp³-hybridized carbons (Fsp3) is 0.600. The minimum Gasteiger partial charge on any atom is -0.480 e. The summed E-state index contributed by atoms with van der Waals surface area (Å²) in [5.41, 5.74) is 0.782. The molecule has 1 aliphatic rings. The van der Waals surface area contributed by atoms with E-state index in [2.05, 4.69) is 10.4 Å². The van der Waals surface area contributed by atoms with E-state index in [4.69, 9.17) is 5.11 Å². The monoisotopic (exact) mass is 209 g/mol. The van der Waals surface area contributed by atoms with Crippen molar-refractivity contribution in [2.24, 2.45) is 0 Å². The van der Waals surface area contributed by atoms with Crippen LogP contribution in [0.15, 0.2) is 12.4 Å². The zero-order valence-corrected chi connectivity index (χ0v) is 8.52. The molecule has 1 saturated carbocycles. The lowest BCUT2D eigenvalue weighted by Crippen LogP contribution is -2.11. The van der Waals surface area contributed by atoms with E-state index >= 15 is 0 Å². The van der Waals surface area contributed by atoms with Crippen molar-refractivity contribution in [3.8, 4) is 0 Å². The first kappa shape index (κ1) is 10.0. The molecule has 5 nitrogen and oxygen atoms in total. The van der Waals surface area contributed by atoms with E-state index in [0.717, 1.165) is 5.69 Å². The van der Waals surface area contributed by atoms with Crippen molar-refractivity contribution < 1.29 is 9.90 Å². The summed E-state index contributed by atoms with van der Waals surface area (Å²) in [6, 6.07) is 0.505. The molecule has 2 N–H and O–H groups in total. The van der Waals surface area contributed by atoms with Gasteiger partial charge in [-0.3, -0.25) is 9.48 Å². The van der Waals surface area contributed by atoms with Crippen LogP contribution in [0.3, 0.4) is 0 Å². The summed E-state index contributed by atoms with van der Waals surface area (Å²) < 4.78 is 1.94. The van der Waals surface area contributed by atoms with Crippen molar-refractivity contribution in [1.29, 1.82) is 0 Å². The Morgan fingerprint density at radius 3 is 3.00 bits per heavy atom. The molecular weight excluding hydrogens is 194 g/mol. The molecule has 0 bridgehead atoms. The minimum absolute atomic E-state index is 0.0592. The normalized spacial score (nSPS) is 16.8. The molecule has 82 valence electrons. The Morgan fingerprint density at radius 1 is 1.60 bits per heavy atom. The second-order valence-electron chi connectivity index (χ2n) is 3.89. The van der Waals surface area contributed by atoms with Gasteiger partial charge in [0.15, 0.2) is 0 Å². The predicted octanol–water partition coefficient (Wildman–Crippen LogP) is 1.49. The van der Waals surface area contributed by atoms with Crippen molar-refractivity contribution in [3.63, 3.8) is 0 Å². The second-order valence-corrected chi connectivity index (χ2v) is 3.89. The molecule has 15 heavy (non-hydrogen) atoms. The number of aromatic nitrogens is 2. The zero-order chi connectivity index (χ0) is 10.7. The predicted molar refractivity (Wildman–Crippen MR) is 55.9 cm³/mol. The lowest BCUT2D eigenvalue weighted by molar-refractivity contribution is -0.134. The molecule has 0 radical (unpaired) electrons. The molecule has 1 aromatic rings. The Morgan fingerprint density at radius 2 is 2.33 bits per heavy atom. The van der Waals surface area contributed by atoms with Gasteiger partial charge in [0.05, 0.1) is 17.9 Å². The molecular formula is C10H15N3O2. The number of carboxylic acids is 1. The first-order chi connectivity index (χ1) is 7.25. The summed E-state index contributed by atoms with van der Waals surface area (Å²) in [4.78, 5) is 10.3. The maximum absolute atomic E-state index is 10.3. The van der Waals surface area contributed by atoms with Crippen LogP contribution in [-0.2, 0) is 4.79 Å². The highest BCUT2D eigenvalue weighted by atomic mass is 16.4. The summed E-state index contributed by atoms with van der Waals surface area (Å²) in [7, 11) is 0. The van der Waals surface area contributed by atoms with Crippen molar-refractivity contribution in [3.05, 3.63) is 12.4 Å². The van der Waals surface area contributed by atoms with Crippen LogP contribution in [0, 0.1) is 0 Å². The quantitative estimate of drug-likeness (QED) is 0.788. The third-order valence-corrected chi connectivity index (χ3v) is 2.74. The van der Waals surface area contributed by atoms with Crippen LogP contribution < -0.4 is 5.32 Å². The van der Waals surface area contributed by atoms with E-state index in [9.17, 15) is 4.79 Å². The summed E-state index contributed by atoms with van der Waals surface area (Å²) in [6.07, 6.45) is 8.46. The van der Waals surface area contributed by atoms with Gasteiger partial charge in [0.25, 0.3) is 0 Å². The Bertz CT molecular complexity index is 342. The number of nitrogens with zero attached hydrogens (tertiary/aromatic N) is 2.